The summed E-state index contributed by atoms with van der Waals surface area (Å²) in [6, 6.07) is 15.6. The summed E-state index contributed by atoms with van der Waals surface area (Å²) in [5, 5.41) is 13.7. The molecule has 0 radical (unpaired) electrons. The molecule has 0 aliphatic rings. The van der Waals surface area contributed by atoms with Crippen LogP contribution in [0.2, 0.25) is 0 Å². The van der Waals surface area contributed by atoms with Crippen LogP contribution in [0.5, 0.6) is 11.5 Å². The first-order valence-corrected chi connectivity index (χ1v) is 15.0. The minimum atomic E-state index is 0.484. The Labute approximate surface area is 226 Å². The minimum absolute atomic E-state index is 0.484. The monoisotopic (exact) mass is 509 g/mol. The maximum absolute atomic E-state index is 10.0. The van der Waals surface area contributed by atoms with E-state index in [9.17, 15) is 5.21 Å². The van der Waals surface area contributed by atoms with Gasteiger partial charge >= 0.3 is 0 Å². The van der Waals surface area contributed by atoms with Crippen molar-refractivity contribution in [3.63, 3.8) is 0 Å². The lowest BCUT2D eigenvalue weighted by molar-refractivity contribution is 0.299. The second-order valence-electron chi connectivity index (χ2n) is 10.1. The molecule has 0 saturated heterocycles. The van der Waals surface area contributed by atoms with E-state index < -0.39 is 0 Å². The van der Waals surface area contributed by atoms with Gasteiger partial charge in [0.05, 0.1) is 13.2 Å². The topological polar surface area (TPSA) is 51.0 Å². The highest BCUT2D eigenvalue weighted by atomic mass is 16.5. The summed E-state index contributed by atoms with van der Waals surface area (Å²) in [4.78, 5) is 0. The molecule has 0 spiro atoms. The smallest absolute Gasteiger partial charge is 0.128 e. The number of para-hydroxylation sites is 2. The van der Waals surface area contributed by atoms with Crippen LogP contribution < -0.4 is 9.47 Å². The van der Waals surface area contributed by atoms with Crippen molar-refractivity contribution in [1.29, 1.82) is 0 Å². The summed E-state index contributed by atoms with van der Waals surface area (Å²) < 4.78 is 12.3. The molecule has 0 aliphatic heterocycles. The molecule has 4 nitrogen and oxygen atoms in total. The first-order chi connectivity index (χ1) is 18.3. The van der Waals surface area contributed by atoms with Crippen molar-refractivity contribution in [2.45, 2.75) is 117 Å². The van der Waals surface area contributed by atoms with Crippen molar-refractivity contribution in [2.75, 3.05) is 13.2 Å². The van der Waals surface area contributed by atoms with Crippen LogP contribution in [0.1, 0.15) is 128 Å². The third-order valence-corrected chi connectivity index (χ3v) is 6.90. The van der Waals surface area contributed by atoms with Gasteiger partial charge in [0.2, 0.25) is 0 Å². The Morgan fingerprint density at radius 3 is 1.27 bits per heavy atom. The summed E-state index contributed by atoms with van der Waals surface area (Å²) in [6.45, 7) is 5.85. The fraction of sp³-hybridized carbons (Fsp3) is 0.606. The molecule has 4 heteroatoms. The fourth-order valence-corrected chi connectivity index (χ4v) is 4.67. The number of rotatable bonds is 22. The second-order valence-corrected chi connectivity index (χ2v) is 10.1. The molecule has 206 valence electrons. The van der Waals surface area contributed by atoms with Crippen LogP contribution in [-0.4, -0.2) is 24.1 Å². The van der Waals surface area contributed by atoms with Gasteiger partial charge in [0, 0.05) is 11.1 Å². The van der Waals surface area contributed by atoms with Crippen molar-refractivity contribution >= 4 is 5.71 Å². The molecule has 0 bridgehead atoms. The predicted octanol–water partition coefficient (Wildman–Crippen LogP) is 9.95. The second kappa shape index (κ2) is 20.6. The number of oxime groups is 1. The third-order valence-electron chi connectivity index (χ3n) is 6.90. The molecule has 37 heavy (non-hydrogen) atoms. The molecule has 0 unspecified atom stereocenters. The van der Waals surface area contributed by atoms with Gasteiger partial charge in [-0.05, 0) is 37.1 Å². The van der Waals surface area contributed by atoms with Crippen molar-refractivity contribution in [1.82, 2.24) is 0 Å². The van der Waals surface area contributed by atoms with E-state index in [1.54, 1.807) is 0 Å². The number of hydrogen-bond acceptors (Lipinski definition) is 4. The van der Waals surface area contributed by atoms with E-state index in [1.165, 1.54) is 89.9 Å². The number of unbranched alkanes of at least 4 members (excludes halogenated alkanes) is 14. The highest BCUT2D eigenvalue weighted by Crippen LogP contribution is 2.28. The van der Waals surface area contributed by atoms with Gasteiger partial charge in [0.1, 0.15) is 17.2 Å². The van der Waals surface area contributed by atoms with E-state index >= 15 is 0 Å². The van der Waals surface area contributed by atoms with Crippen molar-refractivity contribution < 1.29 is 14.7 Å². The summed E-state index contributed by atoms with van der Waals surface area (Å²) in [5.74, 6) is 1.49. The van der Waals surface area contributed by atoms with E-state index in [1.807, 2.05) is 48.5 Å². The Kier molecular flexibility index (Phi) is 17.1. The lowest BCUT2D eigenvalue weighted by Gasteiger charge is -2.15. The number of hydrogen-bond donors (Lipinski definition) is 1. The Balaban J connectivity index is 1.86. The maximum Gasteiger partial charge on any atom is 0.128 e. The van der Waals surface area contributed by atoms with Gasteiger partial charge in [-0.25, -0.2) is 0 Å². The maximum atomic E-state index is 10.0. The average molecular weight is 510 g/mol. The van der Waals surface area contributed by atoms with Crippen molar-refractivity contribution in [3.05, 3.63) is 59.7 Å². The lowest BCUT2D eigenvalue weighted by Crippen LogP contribution is -2.10. The predicted molar refractivity (Wildman–Crippen MR) is 157 cm³/mol. The zero-order valence-electron chi connectivity index (χ0n) is 23.6. The van der Waals surface area contributed by atoms with Crippen LogP contribution in [0, 0.1) is 0 Å². The van der Waals surface area contributed by atoms with Gasteiger partial charge < -0.3 is 14.7 Å². The van der Waals surface area contributed by atoms with E-state index in [-0.39, 0.29) is 0 Å². The average Bonchev–Trinajstić information content (AvgIpc) is 2.93. The van der Waals surface area contributed by atoms with Gasteiger partial charge in [0.15, 0.2) is 0 Å². The van der Waals surface area contributed by atoms with Gasteiger partial charge in [-0.3, -0.25) is 0 Å². The first kappa shape index (κ1) is 30.7. The van der Waals surface area contributed by atoms with Crippen LogP contribution in [-0.2, 0) is 0 Å². The molecule has 2 rings (SSSR count). The number of nitrogens with zero attached hydrogens (tertiary/aromatic N) is 1. The molecule has 2 aromatic carbocycles. The molecule has 0 aromatic heterocycles. The number of benzene rings is 2. The molecule has 2 aromatic rings. The summed E-state index contributed by atoms with van der Waals surface area (Å²) in [5.41, 5.74) is 2.05. The quantitative estimate of drug-likeness (QED) is 0.0743. The molecule has 0 amide bonds. The standard InChI is InChI=1S/C33H51NO3/c1-3-5-7-9-11-13-15-21-27-36-31-25-19-17-23-29(31)33(34-35)30-24-18-20-26-32(30)37-28-22-16-14-12-10-8-6-4-2/h17-20,23-26,35H,3-16,21-22,27-28H2,1-2H3. The van der Waals surface area contributed by atoms with Gasteiger partial charge in [-0.15, -0.1) is 0 Å². The zero-order chi connectivity index (χ0) is 26.4. The van der Waals surface area contributed by atoms with Crippen LogP contribution in [0.4, 0.5) is 0 Å². The van der Waals surface area contributed by atoms with Crippen LogP contribution in [0.15, 0.2) is 53.7 Å². The Hall–Kier alpha value is -2.49. The van der Waals surface area contributed by atoms with Crippen molar-refractivity contribution in [3.8, 4) is 11.5 Å². The molecular weight excluding hydrogens is 458 g/mol. The highest BCUT2D eigenvalue weighted by Gasteiger charge is 2.17. The Morgan fingerprint density at radius 1 is 0.541 bits per heavy atom. The fourth-order valence-electron chi connectivity index (χ4n) is 4.67. The van der Waals surface area contributed by atoms with Crippen LogP contribution >= 0.6 is 0 Å². The Morgan fingerprint density at radius 2 is 0.892 bits per heavy atom. The van der Waals surface area contributed by atoms with Crippen molar-refractivity contribution in [2.24, 2.45) is 5.16 Å². The summed E-state index contributed by atoms with van der Waals surface area (Å²) in [6.07, 6.45) is 20.3. The molecule has 0 atom stereocenters. The molecule has 0 saturated carbocycles. The van der Waals surface area contributed by atoms with Crippen LogP contribution in [0.3, 0.4) is 0 Å². The molecule has 1 N–H and O–H groups in total. The number of ether oxygens (including phenoxy) is 2. The van der Waals surface area contributed by atoms with Gasteiger partial charge in [-0.1, -0.05) is 133 Å². The van der Waals surface area contributed by atoms with Gasteiger partial charge in [-0.2, -0.15) is 0 Å². The minimum Gasteiger partial charge on any atom is -0.493 e. The highest BCUT2D eigenvalue weighted by molar-refractivity contribution is 6.15. The van der Waals surface area contributed by atoms with E-state index in [2.05, 4.69) is 19.0 Å². The summed E-state index contributed by atoms with van der Waals surface area (Å²) >= 11 is 0. The van der Waals surface area contributed by atoms with Gasteiger partial charge in [0.25, 0.3) is 0 Å². The summed E-state index contributed by atoms with van der Waals surface area (Å²) in [7, 11) is 0. The van der Waals surface area contributed by atoms with E-state index in [0.717, 1.165) is 35.5 Å². The Bertz CT molecular complexity index is 797. The normalized spacial score (nSPS) is 10.9. The SMILES string of the molecule is CCCCCCCCCCOc1ccccc1C(=NO)c1ccccc1OCCCCCCCCCC. The molecule has 0 fully saturated rings. The van der Waals surface area contributed by atoms with E-state index in [4.69, 9.17) is 9.47 Å². The molecule has 0 aliphatic carbocycles. The largest absolute Gasteiger partial charge is 0.493 e. The van der Waals surface area contributed by atoms with E-state index in [0.29, 0.717) is 18.9 Å². The van der Waals surface area contributed by atoms with Crippen LogP contribution in [0.25, 0.3) is 0 Å². The first-order valence-electron chi connectivity index (χ1n) is 15.0. The zero-order valence-corrected chi connectivity index (χ0v) is 23.6. The third kappa shape index (κ3) is 12.5. The lowest BCUT2D eigenvalue weighted by atomic mass is 10.0. The molecule has 0 heterocycles. The molecular formula is C33H51NO3.